The topological polar surface area (TPSA) is 54.0 Å². The van der Waals surface area contributed by atoms with Crippen LogP contribution in [0.15, 0.2) is 28.2 Å². The minimum Gasteiger partial charge on any atom is -0.372 e. The van der Waals surface area contributed by atoms with Crippen molar-refractivity contribution in [1.29, 1.82) is 0 Å². The van der Waals surface area contributed by atoms with Crippen LogP contribution in [0.5, 0.6) is 0 Å². The first-order chi connectivity index (χ1) is 9.11. The predicted octanol–water partition coefficient (Wildman–Crippen LogP) is 3.19. The van der Waals surface area contributed by atoms with Crippen LogP contribution in [-0.2, 0) is 6.54 Å². The second-order valence-corrected chi connectivity index (χ2v) is 5.93. The molecular formula is C13H14BrN3OS. The Morgan fingerprint density at radius 1 is 1.53 bits per heavy atom. The molecule has 0 aromatic carbocycles. The molecule has 2 heterocycles. The van der Waals surface area contributed by atoms with Crippen molar-refractivity contribution in [2.45, 2.75) is 13.5 Å². The Morgan fingerprint density at radius 2 is 2.32 bits per heavy atom. The van der Waals surface area contributed by atoms with E-state index in [1.165, 1.54) is 10.4 Å². The zero-order chi connectivity index (χ0) is 13.8. The molecule has 2 N–H and O–H groups in total. The molecule has 0 saturated carbocycles. The van der Waals surface area contributed by atoms with Crippen LogP contribution in [0, 0.1) is 6.92 Å². The monoisotopic (exact) mass is 339 g/mol. The summed E-state index contributed by atoms with van der Waals surface area (Å²) in [4.78, 5) is 17.5. The standard InChI is InChI=1S/C13H14BrN3OS/c1-8-3-4-19-11(8)7-17-13(18)10-5-9(14)6-16-12(10)15-2/h3-6H,7H2,1-2H3,(H,15,16)(H,17,18). The Balaban J connectivity index is 2.12. The molecular weight excluding hydrogens is 326 g/mol. The number of thiophene rings is 1. The number of hydrogen-bond acceptors (Lipinski definition) is 4. The average Bonchev–Trinajstić information content (AvgIpc) is 2.81. The molecule has 0 fully saturated rings. The number of nitrogens with one attached hydrogen (secondary N) is 2. The Kier molecular flexibility index (Phi) is 4.55. The fourth-order valence-corrected chi connectivity index (χ4v) is 2.83. The summed E-state index contributed by atoms with van der Waals surface area (Å²) in [6.07, 6.45) is 1.66. The average molecular weight is 340 g/mol. The molecule has 1 amide bonds. The molecule has 0 radical (unpaired) electrons. The summed E-state index contributed by atoms with van der Waals surface area (Å²) < 4.78 is 0.781. The molecule has 0 atom stereocenters. The van der Waals surface area contributed by atoms with E-state index < -0.39 is 0 Å². The van der Waals surface area contributed by atoms with Gasteiger partial charge < -0.3 is 10.6 Å². The molecule has 0 unspecified atom stereocenters. The van der Waals surface area contributed by atoms with Crippen molar-refractivity contribution in [1.82, 2.24) is 10.3 Å². The van der Waals surface area contributed by atoms with Crippen molar-refractivity contribution in [2.24, 2.45) is 0 Å². The molecule has 0 bridgehead atoms. The van der Waals surface area contributed by atoms with Gasteiger partial charge in [0, 0.05) is 22.6 Å². The van der Waals surface area contributed by atoms with E-state index in [1.807, 2.05) is 18.4 Å². The first-order valence-electron chi connectivity index (χ1n) is 5.76. The van der Waals surface area contributed by atoms with Gasteiger partial charge in [-0.25, -0.2) is 4.98 Å². The lowest BCUT2D eigenvalue weighted by atomic mass is 10.2. The zero-order valence-electron chi connectivity index (χ0n) is 10.7. The SMILES string of the molecule is CNc1ncc(Br)cc1C(=O)NCc1sccc1C. The molecule has 0 spiro atoms. The number of aromatic nitrogens is 1. The molecule has 4 nitrogen and oxygen atoms in total. The third kappa shape index (κ3) is 3.33. The van der Waals surface area contributed by atoms with Gasteiger partial charge in [0.05, 0.1) is 12.1 Å². The highest BCUT2D eigenvalue weighted by atomic mass is 79.9. The summed E-state index contributed by atoms with van der Waals surface area (Å²) in [5, 5.41) is 7.86. The second kappa shape index (κ2) is 6.16. The summed E-state index contributed by atoms with van der Waals surface area (Å²) in [6.45, 7) is 2.58. The van der Waals surface area contributed by atoms with Crippen LogP contribution in [0.25, 0.3) is 0 Å². The highest BCUT2D eigenvalue weighted by Crippen LogP contribution is 2.19. The lowest BCUT2D eigenvalue weighted by Gasteiger charge is -2.09. The van der Waals surface area contributed by atoms with Crippen molar-refractivity contribution in [2.75, 3.05) is 12.4 Å². The Hall–Kier alpha value is -1.40. The van der Waals surface area contributed by atoms with Crippen LogP contribution < -0.4 is 10.6 Å². The lowest BCUT2D eigenvalue weighted by molar-refractivity contribution is 0.0951. The second-order valence-electron chi connectivity index (χ2n) is 4.01. The molecule has 6 heteroatoms. The van der Waals surface area contributed by atoms with Gasteiger partial charge in [0.25, 0.3) is 5.91 Å². The maximum atomic E-state index is 12.2. The normalized spacial score (nSPS) is 10.3. The maximum absolute atomic E-state index is 12.2. The number of aryl methyl sites for hydroxylation is 1. The number of amides is 1. The van der Waals surface area contributed by atoms with E-state index in [-0.39, 0.29) is 5.91 Å². The van der Waals surface area contributed by atoms with Crippen molar-refractivity contribution >= 4 is 39.0 Å². The summed E-state index contributed by atoms with van der Waals surface area (Å²) >= 11 is 4.97. The van der Waals surface area contributed by atoms with E-state index in [0.29, 0.717) is 17.9 Å². The smallest absolute Gasteiger partial charge is 0.255 e. The lowest BCUT2D eigenvalue weighted by Crippen LogP contribution is -2.24. The summed E-state index contributed by atoms with van der Waals surface area (Å²) in [5.41, 5.74) is 1.73. The van der Waals surface area contributed by atoms with E-state index in [2.05, 4.69) is 31.5 Å². The summed E-state index contributed by atoms with van der Waals surface area (Å²) in [6, 6.07) is 3.81. The zero-order valence-corrected chi connectivity index (χ0v) is 13.1. The number of carbonyl (C=O) groups is 1. The third-order valence-electron chi connectivity index (χ3n) is 2.71. The van der Waals surface area contributed by atoms with Gasteiger partial charge >= 0.3 is 0 Å². The highest BCUT2D eigenvalue weighted by molar-refractivity contribution is 9.10. The maximum Gasteiger partial charge on any atom is 0.255 e. The molecule has 0 aliphatic heterocycles. The number of hydrogen-bond donors (Lipinski definition) is 2. The number of rotatable bonds is 4. The predicted molar refractivity (Wildman–Crippen MR) is 81.7 cm³/mol. The summed E-state index contributed by atoms with van der Waals surface area (Å²) in [7, 11) is 1.75. The van der Waals surface area contributed by atoms with E-state index in [1.54, 1.807) is 30.6 Å². The molecule has 0 saturated heterocycles. The number of nitrogens with zero attached hydrogens (tertiary/aromatic N) is 1. The number of anilines is 1. The highest BCUT2D eigenvalue weighted by Gasteiger charge is 2.13. The Bertz CT molecular complexity index is 597. The van der Waals surface area contributed by atoms with Gasteiger partial charge in [-0.15, -0.1) is 11.3 Å². The van der Waals surface area contributed by atoms with Gasteiger partial charge in [0.2, 0.25) is 0 Å². The first kappa shape index (κ1) is 14.0. The van der Waals surface area contributed by atoms with Crippen LogP contribution in [0.3, 0.4) is 0 Å². The molecule has 2 aromatic rings. The van der Waals surface area contributed by atoms with Crippen LogP contribution in [0.2, 0.25) is 0 Å². The largest absolute Gasteiger partial charge is 0.372 e. The van der Waals surface area contributed by atoms with Crippen LogP contribution in [0.1, 0.15) is 20.8 Å². The van der Waals surface area contributed by atoms with Gasteiger partial charge in [-0.05, 0) is 45.9 Å². The van der Waals surface area contributed by atoms with Crippen molar-refractivity contribution < 1.29 is 4.79 Å². The van der Waals surface area contributed by atoms with Crippen LogP contribution in [0.4, 0.5) is 5.82 Å². The van der Waals surface area contributed by atoms with E-state index >= 15 is 0 Å². The van der Waals surface area contributed by atoms with Gasteiger partial charge in [-0.2, -0.15) is 0 Å². The van der Waals surface area contributed by atoms with Crippen LogP contribution >= 0.6 is 27.3 Å². The van der Waals surface area contributed by atoms with Gasteiger partial charge in [-0.3, -0.25) is 4.79 Å². The number of pyridine rings is 1. The summed E-state index contributed by atoms with van der Waals surface area (Å²) in [5.74, 6) is 0.439. The molecule has 0 aliphatic carbocycles. The van der Waals surface area contributed by atoms with E-state index in [9.17, 15) is 4.79 Å². The van der Waals surface area contributed by atoms with Crippen molar-refractivity contribution in [3.05, 3.63) is 44.2 Å². The van der Waals surface area contributed by atoms with E-state index in [4.69, 9.17) is 0 Å². The number of carbonyl (C=O) groups excluding carboxylic acids is 1. The minimum absolute atomic E-state index is 0.133. The fraction of sp³-hybridized carbons (Fsp3) is 0.231. The third-order valence-corrected chi connectivity index (χ3v) is 4.17. The molecule has 2 rings (SSSR count). The Labute approximate surface area is 124 Å². The molecule has 100 valence electrons. The fourth-order valence-electron chi connectivity index (χ4n) is 1.65. The molecule has 2 aromatic heterocycles. The van der Waals surface area contributed by atoms with Gasteiger partial charge in [0.15, 0.2) is 0 Å². The van der Waals surface area contributed by atoms with Crippen LogP contribution in [-0.4, -0.2) is 17.9 Å². The minimum atomic E-state index is -0.133. The van der Waals surface area contributed by atoms with Crippen molar-refractivity contribution in [3.63, 3.8) is 0 Å². The number of halogens is 1. The first-order valence-corrected chi connectivity index (χ1v) is 7.43. The van der Waals surface area contributed by atoms with Gasteiger partial charge in [0.1, 0.15) is 5.82 Å². The van der Waals surface area contributed by atoms with Gasteiger partial charge in [-0.1, -0.05) is 0 Å². The molecule has 19 heavy (non-hydrogen) atoms. The molecule has 0 aliphatic rings. The quantitative estimate of drug-likeness (QED) is 0.899. The van der Waals surface area contributed by atoms with Crippen molar-refractivity contribution in [3.8, 4) is 0 Å². The van der Waals surface area contributed by atoms with E-state index in [0.717, 1.165) is 4.47 Å². The Morgan fingerprint density at radius 3 is 2.95 bits per heavy atom.